The van der Waals surface area contributed by atoms with Gasteiger partial charge in [0.25, 0.3) is 0 Å². The first-order valence-electron chi connectivity index (χ1n) is 6.91. The highest BCUT2D eigenvalue weighted by molar-refractivity contribution is 5.30. The number of hydrogen-bond donors (Lipinski definition) is 1. The van der Waals surface area contributed by atoms with Crippen molar-refractivity contribution in [3.8, 4) is 0 Å². The molecule has 18 heavy (non-hydrogen) atoms. The van der Waals surface area contributed by atoms with Gasteiger partial charge in [-0.25, -0.2) is 0 Å². The topological polar surface area (TPSA) is 29.5 Å². The normalized spacial score (nSPS) is 31.8. The zero-order chi connectivity index (χ0) is 12.4. The van der Waals surface area contributed by atoms with Crippen LogP contribution in [0.2, 0.25) is 0 Å². The Bertz CT molecular complexity index is 438. The molecule has 0 saturated heterocycles. The van der Waals surface area contributed by atoms with Gasteiger partial charge in [0.05, 0.1) is 6.61 Å². The van der Waals surface area contributed by atoms with Crippen LogP contribution in [0.3, 0.4) is 0 Å². The Hall–Kier alpha value is -1.28. The number of hydrogen-bond acceptors (Lipinski definition) is 2. The number of rotatable bonds is 2. The first kappa shape index (κ1) is 11.8. The van der Waals surface area contributed by atoms with E-state index in [9.17, 15) is 5.11 Å². The van der Waals surface area contributed by atoms with Gasteiger partial charge in [0, 0.05) is 12.3 Å². The molecule has 96 valence electrons. The Balaban J connectivity index is 1.95. The first-order valence-corrected chi connectivity index (χ1v) is 6.91. The summed E-state index contributed by atoms with van der Waals surface area (Å²) in [5, 5.41) is 11.1. The predicted molar refractivity (Wildman–Crippen MR) is 71.3 cm³/mol. The smallest absolute Gasteiger partial charge is 0.128 e. The van der Waals surface area contributed by atoms with E-state index in [1.54, 1.807) is 0 Å². The van der Waals surface area contributed by atoms with Gasteiger partial charge in [0.15, 0.2) is 0 Å². The van der Waals surface area contributed by atoms with Crippen LogP contribution in [0.1, 0.15) is 43.6 Å². The molecular weight excluding hydrogens is 224 g/mol. The van der Waals surface area contributed by atoms with Gasteiger partial charge < -0.3 is 9.84 Å². The molecule has 2 atom stereocenters. The maximum absolute atomic E-state index is 11.1. The van der Waals surface area contributed by atoms with Gasteiger partial charge in [-0.3, -0.25) is 0 Å². The average Bonchev–Trinajstić information content (AvgIpc) is 2.95. The zero-order valence-corrected chi connectivity index (χ0v) is 10.6. The second-order valence-electron chi connectivity index (χ2n) is 5.34. The molecule has 1 aromatic rings. The summed E-state index contributed by atoms with van der Waals surface area (Å²) < 4.78 is 5.66. The van der Waals surface area contributed by atoms with E-state index in [1.165, 1.54) is 12.0 Å². The third-order valence-corrected chi connectivity index (χ3v) is 4.21. The average molecular weight is 244 g/mol. The number of aliphatic hydroxyl groups is 1. The van der Waals surface area contributed by atoms with Gasteiger partial charge in [-0.05, 0) is 24.5 Å². The van der Waals surface area contributed by atoms with Crippen LogP contribution in [-0.2, 0) is 4.74 Å². The van der Waals surface area contributed by atoms with Crippen LogP contribution >= 0.6 is 0 Å². The fraction of sp³-hybridized carbons (Fsp3) is 0.500. The highest BCUT2D eigenvalue weighted by Gasteiger charge is 2.44. The summed E-state index contributed by atoms with van der Waals surface area (Å²) in [5.41, 5.74) is 0.451. The second-order valence-corrected chi connectivity index (χ2v) is 5.34. The van der Waals surface area contributed by atoms with Crippen LogP contribution in [0.5, 0.6) is 0 Å². The van der Waals surface area contributed by atoms with Crippen LogP contribution in [-0.4, -0.2) is 17.3 Å². The van der Waals surface area contributed by atoms with E-state index in [2.05, 4.69) is 18.2 Å². The van der Waals surface area contributed by atoms with Crippen molar-refractivity contribution in [1.29, 1.82) is 0 Å². The largest absolute Gasteiger partial charge is 0.495 e. The molecule has 2 heteroatoms. The van der Waals surface area contributed by atoms with Crippen molar-refractivity contribution >= 4 is 0 Å². The maximum Gasteiger partial charge on any atom is 0.128 e. The molecule has 0 aromatic heterocycles. The van der Waals surface area contributed by atoms with Crippen LogP contribution < -0.4 is 0 Å². The van der Waals surface area contributed by atoms with E-state index in [1.807, 2.05) is 18.2 Å². The minimum atomic E-state index is -0.782. The summed E-state index contributed by atoms with van der Waals surface area (Å²) >= 11 is 0. The van der Waals surface area contributed by atoms with Crippen LogP contribution in [0.4, 0.5) is 0 Å². The number of benzene rings is 1. The predicted octanol–water partition coefficient (Wildman–Crippen LogP) is 3.38. The summed E-state index contributed by atoms with van der Waals surface area (Å²) in [7, 11) is 0. The van der Waals surface area contributed by atoms with Crippen molar-refractivity contribution in [2.45, 2.75) is 43.6 Å². The summed E-state index contributed by atoms with van der Waals surface area (Å²) in [6.07, 6.45) is 7.13. The first-order chi connectivity index (χ1) is 8.81. The SMILES string of the molecule is OC1(C2=CCCO2)CCCCC1c1ccccc1. The fourth-order valence-electron chi connectivity index (χ4n) is 3.30. The Kier molecular flexibility index (Phi) is 3.13. The van der Waals surface area contributed by atoms with E-state index in [4.69, 9.17) is 4.74 Å². The van der Waals surface area contributed by atoms with Crippen molar-refractivity contribution in [2.24, 2.45) is 0 Å². The molecule has 1 N–H and O–H groups in total. The maximum atomic E-state index is 11.1. The molecule has 1 aliphatic carbocycles. The lowest BCUT2D eigenvalue weighted by Crippen LogP contribution is -2.41. The van der Waals surface area contributed by atoms with E-state index in [0.717, 1.165) is 38.0 Å². The lowest BCUT2D eigenvalue weighted by Gasteiger charge is -2.40. The molecule has 0 spiro atoms. The standard InChI is InChI=1S/C16H20O2/c17-16(15-10-6-12-18-15)11-5-4-9-14(16)13-7-2-1-3-8-13/h1-3,7-8,10,14,17H,4-6,9,11-12H2. The lowest BCUT2D eigenvalue weighted by molar-refractivity contribution is -0.0275. The van der Waals surface area contributed by atoms with E-state index < -0.39 is 5.60 Å². The summed E-state index contributed by atoms with van der Waals surface area (Å²) in [5.74, 6) is 0.993. The van der Waals surface area contributed by atoms with Gasteiger partial charge in [-0.1, -0.05) is 43.2 Å². The number of ether oxygens (including phenoxy) is 1. The molecule has 0 radical (unpaired) electrons. The van der Waals surface area contributed by atoms with E-state index in [-0.39, 0.29) is 5.92 Å². The molecule has 2 unspecified atom stereocenters. The van der Waals surface area contributed by atoms with Gasteiger partial charge >= 0.3 is 0 Å². The van der Waals surface area contributed by atoms with Crippen molar-refractivity contribution in [2.75, 3.05) is 6.61 Å². The molecule has 1 aliphatic heterocycles. The second kappa shape index (κ2) is 4.77. The lowest BCUT2D eigenvalue weighted by atomic mass is 9.71. The van der Waals surface area contributed by atoms with Gasteiger partial charge in [0.2, 0.25) is 0 Å². The molecule has 1 heterocycles. The monoisotopic (exact) mass is 244 g/mol. The Morgan fingerprint density at radius 2 is 2.00 bits per heavy atom. The van der Waals surface area contributed by atoms with Crippen molar-refractivity contribution in [3.05, 3.63) is 47.7 Å². The molecule has 2 nitrogen and oxygen atoms in total. The van der Waals surface area contributed by atoms with Crippen LogP contribution in [0.25, 0.3) is 0 Å². The van der Waals surface area contributed by atoms with Gasteiger partial charge in [0.1, 0.15) is 11.4 Å². The summed E-state index contributed by atoms with van der Waals surface area (Å²) in [4.78, 5) is 0. The van der Waals surface area contributed by atoms with Crippen molar-refractivity contribution in [3.63, 3.8) is 0 Å². The quantitative estimate of drug-likeness (QED) is 0.864. The molecule has 1 aromatic carbocycles. The highest BCUT2D eigenvalue weighted by atomic mass is 16.5. The van der Waals surface area contributed by atoms with Crippen molar-refractivity contribution < 1.29 is 9.84 Å². The molecule has 1 saturated carbocycles. The summed E-state index contributed by atoms with van der Waals surface area (Å²) in [6, 6.07) is 10.4. The molecule has 3 rings (SSSR count). The molecule has 2 aliphatic rings. The molecule has 0 amide bonds. The third kappa shape index (κ3) is 1.95. The molecular formula is C16H20O2. The minimum Gasteiger partial charge on any atom is -0.495 e. The Labute approximate surface area is 108 Å². The van der Waals surface area contributed by atoms with Crippen LogP contribution in [0.15, 0.2) is 42.2 Å². The van der Waals surface area contributed by atoms with E-state index >= 15 is 0 Å². The Morgan fingerprint density at radius 1 is 1.17 bits per heavy atom. The minimum absolute atomic E-state index is 0.178. The zero-order valence-electron chi connectivity index (χ0n) is 10.6. The molecule has 0 bridgehead atoms. The van der Waals surface area contributed by atoms with Gasteiger partial charge in [-0.2, -0.15) is 0 Å². The molecule has 1 fully saturated rings. The van der Waals surface area contributed by atoms with Crippen LogP contribution in [0, 0.1) is 0 Å². The third-order valence-electron chi connectivity index (χ3n) is 4.21. The van der Waals surface area contributed by atoms with Crippen molar-refractivity contribution in [1.82, 2.24) is 0 Å². The van der Waals surface area contributed by atoms with Gasteiger partial charge in [-0.15, -0.1) is 0 Å². The highest BCUT2D eigenvalue weighted by Crippen LogP contribution is 2.46. The Morgan fingerprint density at radius 3 is 2.72 bits per heavy atom. The summed E-state index contributed by atoms with van der Waals surface area (Å²) in [6.45, 7) is 0.721. The van der Waals surface area contributed by atoms with E-state index in [0.29, 0.717) is 0 Å². The fourth-order valence-corrected chi connectivity index (χ4v) is 3.30.